The average molecular weight is 262 g/mol. The number of nitrogens with one attached hydrogen (secondary N) is 2. The van der Waals surface area contributed by atoms with Crippen LogP contribution in [0.5, 0.6) is 0 Å². The summed E-state index contributed by atoms with van der Waals surface area (Å²) in [7, 11) is 0. The first-order chi connectivity index (χ1) is 9.83. The lowest BCUT2D eigenvalue weighted by Gasteiger charge is -2.31. The van der Waals surface area contributed by atoms with E-state index in [1.807, 2.05) is 6.20 Å². The minimum Gasteiger partial charge on any atom is -0.361 e. The van der Waals surface area contributed by atoms with E-state index in [2.05, 4.69) is 65.8 Å². The van der Waals surface area contributed by atoms with Crippen LogP contribution in [0.15, 0.2) is 54.7 Å². The monoisotopic (exact) mass is 262 g/mol. The van der Waals surface area contributed by atoms with Crippen molar-refractivity contribution in [3.8, 4) is 0 Å². The Labute approximate surface area is 118 Å². The molecule has 3 aromatic rings. The molecule has 0 fully saturated rings. The Morgan fingerprint density at radius 3 is 2.75 bits per heavy atom. The highest BCUT2D eigenvalue weighted by Crippen LogP contribution is 2.35. The second-order valence-corrected chi connectivity index (χ2v) is 5.64. The predicted octanol–water partition coefficient (Wildman–Crippen LogP) is 3.96. The van der Waals surface area contributed by atoms with Gasteiger partial charge in [-0.2, -0.15) is 0 Å². The van der Waals surface area contributed by atoms with Gasteiger partial charge in [0.2, 0.25) is 0 Å². The maximum atomic E-state index is 3.62. The summed E-state index contributed by atoms with van der Waals surface area (Å²) in [4.78, 5) is 3.26. The topological polar surface area (TPSA) is 27.8 Å². The molecule has 0 amide bonds. The van der Waals surface area contributed by atoms with Crippen molar-refractivity contribution in [3.63, 3.8) is 0 Å². The molecule has 2 heteroatoms. The fourth-order valence-electron chi connectivity index (χ4n) is 3.32. The zero-order chi connectivity index (χ0) is 13.5. The van der Waals surface area contributed by atoms with Crippen molar-refractivity contribution in [2.45, 2.75) is 18.9 Å². The number of aromatic amines is 1. The van der Waals surface area contributed by atoms with Crippen LogP contribution in [0.3, 0.4) is 0 Å². The van der Waals surface area contributed by atoms with Gasteiger partial charge >= 0.3 is 0 Å². The maximum Gasteiger partial charge on any atom is 0.0454 e. The summed E-state index contributed by atoms with van der Waals surface area (Å²) in [6.07, 6.45) is 2.00. The average Bonchev–Trinajstić information content (AvgIpc) is 2.95. The first-order valence-electron chi connectivity index (χ1n) is 7.22. The maximum absolute atomic E-state index is 3.62. The van der Waals surface area contributed by atoms with Crippen molar-refractivity contribution >= 4 is 10.9 Å². The molecule has 0 radical (unpaired) electrons. The molecule has 2 heterocycles. The number of aromatic nitrogens is 1. The highest BCUT2D eigenvalue weighted by Gasteiger charge is 2.25. The van der Waals surface area contributed by atoms with E-state index in [4.69, 9.17) is 0 Å². The molecular formula is C18H18N2. The summed E-state index contributed by atoms with van der Waals surface area (Å²) >= 11 is 0. The number of benzene rings is 2. The van der Waals surface area contributed by atoms with Crippen LogP contribution in [0.25, 0.3) is 10.9 Å². The van der Waals surface area contributed by atoms with E-state index in [9.17, 15) is 0 Å². The third-order valence-corrected chi connectivity index (χ3v) is 4.45. The molecule has 0 saturated carbocycles. The van der Waals surface area contributed by atoms with E-state index in [0.29, 0.717) is 12.0 Å². The summed E-state index contributed by atoms with van der Waals surface area (Å²) in [6.45, 7) is 3.25. The van der Waals surface area contributed by atoms with Gasteiger partial charge in [0.1, 0.15) is 0 Å². The first kappa shape index (κ1) is 11.7. The van der Waals surface area contributed by atoms with E-state index >= 15 is 0 Å². The lowest BCUT2D eigenvalue weighted by molar-refractivity contribution is 0.508. The van der Waals surface area contributed by atoms with Crippen molar-refractivity contribution in [2.24, 2.45) is 0 Å². The van der Waals surface area contributed by atoms with Gasteiger partial charge in [-0.15, -0.1) is 0 Å². The molecule has 1 aliphatic rings. The largest absolute Gasteiger partial charge is 0.361 e. The van der Waals surface area contributed by atoms with Crippen LogP contribution in [0.4, 0.5) is 0 Å². The summed E-state index contributed by atoms with van der Waals surface area (Å²) in [5, 5.41) is 4.91. The van der Waals surface area contributed by atoms with E-state index < -0.39 is 0 Å². The summed E-state index contributed by atoms with van der Waals surface area (Å²) in [5.74, 6) is 0.446. The molecule has 0 bridgehead atoms. The third-order valence-electron chi connectivity index (χ3n) is 4.45. The van der Waals surface area contributed by atoms with Gasteiger partial charge in [-0.3, -0.25) is 0 Å². The number of H-pyrrole nitrogens is 1. The Morgan fingerprint density at radius 2 is 1.85 bits per heavy atom. The SMILES string of the molecule is C[C@H]1NC[C@H](c2ccc3[nH]ccc3c2)c2ccccc21. The fourth-order valence-corrected chi connectivity index (χ4v) is 3.32. The second-order valence-electron chi connectivity index (χ2n) is 5.64. The van der Waals surface area contributed by atoms with Crippen molar-refractivity contribution in [2.75, 3.05) is 6.54 Å². The fraction of sp³-hybridized carbons (Fsp3) is 0.222. The molecule has 20 heavy (non-hydrogen) atoms. The van der Waals surface area contributed by atoms with Crippen molar-refractivity contribution in [1.29, 1.82) is 0 Å². The number of fused-ring (bicyclic) bond motifs is 2. The van der Waals surface area contributed by atoms with Gasteiger partial charge in [0.25, 0.3) is 0 Å². The molecule has 0 unspecified atom stereocenters. The molecule has 4 rings (SSSR count). The Morgan fingerprint density at radius 1 is 1.00 bits per heavy atom. The summed E-state index contributed by atoms with van der Waals surface area (Å²) < 4.78 is 0. The number of hydrogen-bond donors (Lipinski definition) is 2. The zero-order valence-corrected chi connectivity index (χ0v) is 11.6. The quantitative estimate of drug-likeness (QED) is 0.682. The minimum atomic E-state index is 0.443. The Bertz CT molecular complexity index is 757. The zero-order valence-electron chi connectivity index (χ0n) is 11.6. The van der Waals surface area contributed by atoms with Gasteiger partial charge in [0.05, 0.1) is 0 Å². The van der Waals surface area contributed by atoms with Crippen LogP contribution in [-0.4, -0.2) is 11.5 Å². The highest BCUT2D eigenvalue weighted by atomic mass is 14.9. The summed E-state index contributed by atoms with van der Waals surface area (Å²) in [5.41, 5.74) is 5.50. The smallest absolute Gasteiger partial charge is 0.0454 e. The van der Waals surface area contributed by atoms with Crippen LogP contribution in [-0.2, 0) is 0 Å². The first-order valence-corrected chi connectivity index (χ1v) is 7.22. The molecule has 1 aromatic heterocycles. The van der Waals surface area contributed by atoms with Gasteiger partial charge in [0, 0.05) is 30.2 Å². The van der Waals surface area contributed by atoms with Crippen molar-refractivity contribution in [3.05, 3.63) is 71.4 Å². The molecular weight excluding hydrogens is 244 g/mol. The lowest BCUT2D eigenvalue weighted by Crippen LogP contribution is -2.31. The van der Waals surface area contributed by atoms with Crippen LogP contribution in [0.2, 0.25) is 0 Å². The van der Waals surface area contributed by atoms with Gasteiger partial charge in [-0.25, -0.2) is 0 Å². The molecule has 2 N–H and O–H groups in total. The Kier molecular flexibility index (Phi) is 2.64. The molecule has 100 valence electrons. The minimum absolute atomic E-state index is 0.443. The number of hydrogen-bond acceptors (Lipinski definition) is 1. The Balaban J connectivity index is 1.84. The van der Waals surface area contributed by atoms with Crippen LogP contribution in [0, 0.1) is 0 Å². The van der Waals surface area contributed by atoms with Crippen LogP contribution in [0.1, 0.15) is 35.6 Å². The van der Waals surface area contributed by atoms with Gasteiger partial charge < -0.3 is 10.3 Å². The van der Waals surface area contributed by atoms with Gasteiger partial charge in [0.15, 0.2) is 0 Å². The van der Waals surface area contributed by atoms with E-state index in [-0.39, 0.29) is 0 Å². The van der Waals surface area contributed by atoms with Crippen molar-refractivity contribution in [1.82, 2.24) is 10.3 Å². The number of rotatable bonds is 1. The van der Waals surface area contributed by atoms with E-state index in [0.717, 1.165) is 6.54 Å². The molecule has 2 aromatic carbocycles. The van der Waals surface area contributed by atoms with Crippen molar-refractivity contribution < 1.29 is 0 Å². The lowest BCUT2D eigenvalue weighted by atomic mass is 9.83. The van der Waals surface area contributed by atoms with Crippen LogP contribution >= 0.6 is 0 Å². The molecule has 0 saturated heterocycles. The Hall–Kier alpha value is -2.06. The molecule has 2 nitrogen and oxygen atoms in total. The normalized spacial score (nSPS) is 21.9. The molecule has 0 aliphatic carbocycles. The standard InChI is InChI=1S/C18H18N2/c1-12-15-4-2-3-5-16(15)17(11-20-12)13-6-7-18-14(10-13)8-9-19-18/h2-10,12,17,19-20H,11H2,1H3/t12-,17-/m1/s1. The molecule has 2 atom stereocenters. The van der Waals surface area contributed by atoms with Crippen LogP contribution < -0.4 is 5.32 Å². The third kappa shape index (κ3) is 1.76. The predicted molar refractivity (Wildman–Crippen MR) is 83.0 cm³/mol. The summed E-state index contributed by atoms with van der Waals surface area (Å²) in [6, 6.07) is 18.1. The van der Waals surface area contributed by atoms with Gasteiger partial charge in [-0.05, 0) is 47.2 Å². The van der Waals surface area contributed by atoms with E-state index in [1.54, 1.807) is 0 Å². The second kappa shape index (κ2) is 4.50. The van der Waals surface area contributed by atoms with E-state index in [1.165, 1.54) is 27.6 Å². The molecule has 0 spiro atoms. The molecule has 1 aliphatic heterocycles. The highest BCUT2D eigenvalue weighted by molar-refractivity contribution is 5.80. The van der Waals surface area contributed by atoms with Gasteiger partial charge in [-0.1, -0.05) is 30.3 Å².